The number of fused-ring (bicyclic) bond motifs is 1. The predicted molar refractivity (Wildman–Crippen MR) is 143 cm³/mol. The van der Waals surface area contributed by atoms with Gasteiger partial charge in [0.25, 0.3) is 0 Å². The number of thioether (sulfide) groups is 1. The van der Waals surface area contributed by atoms with Crippen LogP contribution in [0.4, 0.5) is 16.2 Å². The van der Waals surface area contributed by atoms with Crippen molar-refractivity contribution >= 4 is 35.1 Å². The summed E-state index contributed by atoms with van der Waals surface area (Å²) in [5.41, 5.74) is 4.92. The normalized spacial score (nSPS) is 16.5. The van der Waals surface area contributed by atoms with Gasteiger partial charge in [0.05, 0.1) is 36.7 Å². The summed E-state index contributed by atoms with van der Waals surface area (Å²) in [7, 11) is 1.61. The summed E-state index contributed by atoms with van der Waals surface area (Å²) in [6, 6.07) is 21.4. The molecule has 2 aliphatic rings. The highest BCUT2D eigenvalue weighted by Crippen LogP contribution is 2.35. The minimum atomic E-state index is -0.376. The molecule has 0 unspecified atom stereocenters. The van der Waals surface area contributed by atoms with Crippen molar-refractivity contribution in [2.75, 3.05) is 36.2 Å². The fraction of sp³-hybridized carbons (Fsp3) is 0.250. The first-order chi connectivity index (χ1) is 18.0. The third kappa shape index (κ3) is 5.56. The van der Waals surface area contributed by atoms with Gasteiger partial charge in [0, 0.05) is 22.7 Å². The second-order valence-corrected chi connectivity index (χ2v) is 9.84. The van der Waals surface area contributed by atoms with Crippen LogP contribution >= 0.6 is 11.8 Å². The standard InChI is InChI=1S/C28H26N4O4S/c1-35-22-7-5-20(14-29)24(13-22)19-4-2-3-18(11-19)15-30-10-9-23-16-32(28(34)36-23)21-6-8-26-25(12-21)31-27(33)17-37-26/h2-8,11-13,23,30H,9-10,15-17H2,1H3,(H,31,33)/t23-/m1/s1. The van der Waals surface area contributed by atoms with Gasteiger partial charge < -0.3 is 20.1 Å². The number of hydrogen-bond donors (Lipinski definition) is 2. The molecule has 2 heterocycles. The van der Waals surface area contributed by atoms with E-state index in [1.165, 1.54) is 11.8 Å². The van der Waals surface area contributed by atoms with E-state index in [4.69, 9.17) is 9.47 Å². The number of anilines is 2. The molecule has 2 aliphatic heterocycles. The largest absolute Gasteiger partial charge is 0.497 e. The molecule has 3 aromatic rings. The third-order valence-corrected chi connectivity index (χ3v) is 7.41. The van der Waals surface area contributed by atoms with Crippen molar-refractivity contribution in [1.82, 2.24) is 5.32 Å². The number of rotatable bonds is 8. The average molecular weight is 515 g/mol. The van der Waals surface area contributed by atoms with Crippen molar-refractivity contribution in [3.05, 3.63) is 71.8 Å². The maximum atomic E-state index is 12.5. The van der Waals surface area contributed by atoms with Gasteiger partial charge in [-0.05, 0) is 66.6 Å². The topological polar surface area (TPSA) is 104 Å². The van der Waals surface area contributed by atoms with E-state index in [0.29, 0.717) is 48.8 Å². The van der Waals surface area contributed by atoms with Crippen molar-refractivity contribution in [3.63, 3.8) is 0 Å². The minimum absolute atomic E-state index is 0.0397. The molecule has 1 saturated heterocycles. The Balaban J connectivity index is 1.16. The van der Waals surface area contributed by atoms with Crippen LogP contribution in [-0.2, 0) is 16.1 Å². The van der Waals surface area contributed by atoms with Crippen LogP contribution in [0.1, 0.15) is 17.5 Å². The van der Waals surface area contributed by atoms with Crippen molar-refractivity contribution in [3.8, 4) is 22.9 Å². The van der Waals surface area contributed by atoms with Gasteiger partial charge in [0.1, 0.15) is 11.9 Å². The molecule has 0 saturated carbocycles. The first-order valence-electron chi connectivity index (χ1n) is 12.0. The van der Waals surface area contributed by atoms with Gasteiger partial charge in [0.2, 0.25) is 5.91 Å². The van der Waals surface area contributed by atoms with E-state index >= 15 is 0 Å². The Bertz CT molecular complexity index is 1390. The Morgan fingerprint density at radius 3 is 2.92 bits per heavy atom. The molecule has 0 radical (unpaired) electrons. The number of nitrogens with zero attached hydrogens (tertiary/aromatic N) is 2. The van der Waals surface area contributed by atoms with Crippen LogP contribution in [0.2, 0.25) is 0 Å². The first-order valence-corrected chi connectivity index (χ1v) is 13.0. The fourth-order valence-corrected chi connectivity index (χ4v) is 5.24. The molecule has 9 heteroatoms. The van der Waals surface area contributed by atoms with E-state index in [-0.39, 0.29) is 18.1 Å². The Labute approximate surface area is 219 Å². The van der Waals surface area contributed by atoms with E-state index in [0.717, 1.165) is 27.3 Å². The number of nitrogens with one attached hydrogen (secondary N) is 2. The Morgan fingerprint density at radius 1 is 1.19 bits per heavy atom. The predicted octanol–water partition coefficient (Wildman–Crippen LogP) is 4.78. The molecule has 1 fully saturated rings. The molecule has 37 heavy (non-hydrogen) atoms. The summed E-state index contributed by atoms with van der Waals surface area (Å²) < 4.78 is 10.9. The van der Waals surface area contributed by atoms with Crippen LogP contribution < -0.4 is 20.3 Å². The van der Waals surface area contributed by atoms with E-state index in [1.54, 1.807) is 24.1 Å². The summed E-state index contributed by atoms with van der Waals surface area (Å²) >= 11 is 1.49. The summed E-state index contributed by atoms with van der Waals surface area (Å²) in [6.07, 6.45) is 0.0776. The van der Waals surface area contributed by atoms with Crippen LogP contribution in [0.25, 0.3) is 11.1 Å². The lowest BCUT2D eigenvalue weighted by atomic mass is 9.98. The van der Waals surface area contributed by atoms with Gasteiger partial charge in [-0.25, -0.2) is 4.79 Å². The molecular weight excluding hydrogens is 488 g/mol. The number of carbonyl (C=O) groups excluding carboxylic acids is 2. The fourth-order valence-electron chi connectivity index (χ4n) is 4.45. The molecule has 188 valence electrons. The molecule has 8 nitrogen and oxygen atoms in total. The number of ether oxygens (including phenoxy) is 2. The lowest BCUT2D eigenvalue weighted by Crippen LogP contribution is -2.26. The molecule has 5 rings (SSSR count). The highest BCUT2D eigenvalue weighted by atomic mass is 32.2. The van der Waals surface area contributed by atoms with Crippen LogP contribution in [-0.4, -0.2) is 44.1 Å². The van der Waals surface area contributed by atoms with Gasteiger partial charge in [-0.2, -0.15) is 5.26 Å². The Hall–Kier alpha value is -4.00. The maximum Gasteiger partial charge on any atom is 0.414 e. The number of methoxy groups -OCH3 is 1. The van der Waals surface area contributed by atoms with E-state index in [2.05, 4.69) is 22.8 Å². The first kappa shape index (κ1) is 24.7. The lowest BCUT2D eigenvalue weighted by Gasteiger charge is -2.20. The van der Waals surface area contributed by atoms with E-state index in [9.17, 15) is 14.9 Å². The smallest absolute Gasteiger partial charge is 0.414 e. The molecule has 0 aromatic heterocycles. The van der Waals surface area contributed by atoms with Gasteiger partial charge in [-0.15, -0.1) is 11.8 Å². The van der Waals surface area contributed by atoms with Crippen LogP contribution in [0.3, 0.4) is 0 Å². The summed E-state index contributed by atoms with van der Waals surface area (Å²) in [5, 5.41) is 15.8. The van der Waals surface area contributed by atoms with Crippen molar-refractivity contribution in [1.29, 1.82) is 5.26 Å². The lowest BCUT2D eigenvalue weighted by molar-refractivity contribution is -0.113. The van der Waals surface area contributed by atoms with Crippen molar-refractivity contribution < 1.29 is 19.1 Å². The molecule has 3 aromatic carbocycles. The van der Waals surface area contributed by atoms with Gasteiger partial charge in [0.15, 0.2) is 0 Å². The molecule has 2 amide bonds. The molecular formula is C28H26N4O4S. The summed E-state index contributed by atoms with van der Waals surface area (Å²) in [5.74, 6) is 1.07. The second kappa shape index (κ2) is 10.9. The highest BCUT2D eigenvalue weighted by Gasteiger charge is 2.32. The maximum absolute atomic E-state index is 12.5. The zero-order valence-corrected chi connectivity index (χ0v) is 21.1. The Kier molecular flexibility index (Phi) is 7.30. The number of amides is 2. The number of nitriles is 1. The molecule has 0 aliphatic carbocycles. The highest BCUT2D eigenvalue weighted by molar-refractivity contribution is 8.00. The van der Waals surface area contributed by atoms with Gasteiger partial charge >= 0.3 is 6.09 Å². The van der Waals surface area contributed by atoms with Crippen molar-refractivity contribution in [2.24, 2.45) is 0 Å². The quantitative estimate of drug-likeness (QED) is 0.417. The van der Waals surface area contributed by atoms with Crippen LogP contribution in [0.5, 0.6) is 5.75 Å². The summed E-state index contributed by atoms with van der Waals surface area (Å²) in [4.78, 5) is 26.8. The average Bonchev–Trinajstić information content (AvgIpc) is 3.30. The molecule has 1 atom stereocenters. The monoisotopic (exact) mass is 514 g/mol. The number of cyclic esters (lactones) is 1. The van der Waals surface area contributed by atoms with Crippen LogP contribution in [0.15, 0.2) is 65.6 Å². The minimum Gasteiger partial charge on any atom is -0.497 e. The SMILES string of the molecule is COc1ccc(C#N)c(-c2cccc(CNCC[C@@H]3CN(c4ccc5c(c4)NC(=O)CS5)C(=O)O3)c2)c1. The zero-order chi connectivity index (χ0) is 25.8. The van der Waals surface area contributed by atoms with E-state index < -0.39 is 0 Å². The number of benzene rings is 3. The number of hydrogen-bond acceptors (Lipinski definition) is 7. The van der Waals surface area contributed by atoms with Crippen LogP contribution in [0, 0.1) is 11.3 Å². The van der Waals surface area contributed by atoms with E-state index in [1.807, 2.05) is 42.5 Å². The number of carbonyl (C=O) groups is 2. The van der Waals surface area contributed by atoms with Crippen molar-refractivity contribution in [2.45, 2.75) is 24.0 Å². The zero-order valence-electron chi connectivity index (χ0n) is 20.3. The summed E-state index contributed by atoms with van der Waals surface area (Å²) in [6.45, 7) is 1.78. The third-order valence-electron chi connectivity index (χ3n) is 6.34. The molecule has 0 bridgehead atoms. The van der Waals surface area contributed by atoms with Gasteiger partial charge in [-0.3, -0.25) is 9.69 Å². The second-order valence-electron chi connectivity index (χ2n) is 8.82. The molecule has 2 N–H and O–H groups in total. The van der Waals surface area contributed by atoms with Gasteiger partial charge in [-0.1, -0.05) is 18.2 Å². The molecule has 0 spiro atoms. The Morgan fingerprint density at radius 2 is 2.08 bits per heavy atom.